The number of anilines is 2. The summed E-state index contributed by atoms with van der Waals surface area (Å²) in [5.74, 6) is -0.883. The highest BCUT2D eigenvalue weighted by molar-refractivity contribution is 6.34. The van der Waals surface area contributed by atoms with Gasteiger partial charge in [-0.2, -0.15) is 0 Å². The summed E-state index contributed by atoms with van der Waals surface area (Å²) in [5.41, 5.74) is -1.92. The van der Waals surface area contributed by atoms with Crippen molar-refractivity contribution in [1.29, 1.82) is 0 Å². The standard InChI is InChI=1S/C34H50ClN3O7/c1-11-32(7,8)20-15-16-34(19(3)17-20)26(44-34)28(41)37(12-2)21-13-14-22(35)23(18-21)36-27(40)24(25(39)31(4,5)6)38-29(42)33(9,10)45-30(38)43/h13-14,18-20,24-26,39H,11-12,15-17H2,1-10H3,(H,36,40). The molecule has 1 spiro atoms. The van der Waals surface area contributed by atoms with E-state index in [1.165, 1.54) is 13.8 Å². The molecule has 0 bridgehead atoms. The van der Waals surface area contributed by atoms with Crippen LogP contribution < -0.4 is 10.2 Å². The van der Waals surface area contributed by atoms with Crippen LogP contribution in [0, 0.1) is 22.7 Å². The highest BCUT2D eigenvalue weighted by Crippen LogP contribution is 2.56. The zero-order chi connectivity index (χ0) is 33.9. The second kappa shape index (κ2) is 12.2. The number of hydrogen-bond acceptors (Lipinski definition) is 7. The minimum atomic E-state index is -1.59. The summed E-state index contributed by atoms with van der Waals surface area (Å²) in [6.45, 7) is 19.2. The molecule has 10 nitrogen and oxygen atoms in total. The molecule has 0 aromatic heterocycles. The Hall–Kier alpha value is -2.69. The molecule has 4 rings (SSSR count). The minimum Gasteiger partial charge on any atom is -0.433 e. The van der Waals surface area contributed by atoms with E-state index >= 15 is 0 Å². The molecule has 1 aromatic carbocycles. The van der Waals surface area contributed by atoms with E-state index in [1.54, 1.807) is 43.9 Å². The molecule has 0 radical (unpaired) electrons. The first kappa shape index (κ1) is 35.2. The van der Waals surface area contributed by atoms with Gasteiger partial charge in [-0.3, -0.25) is 14.4 Å². The third-order valence-electron chi connectivity index (χ3n) is 10.4. The fourth-order valence-electron chi connectivity index (χ4n) is 6.79. The van der Waals surface area contributed by atoms with Crippen LogP contribution in [0.1, 0.15) is 94.9 Å². The van der Waals surface area contributed by atoms with Crippen LogP contribution >= 0.6 is 11.6 Å². The quantitative estimate of drug-likeness (QED) is 0.307. The first-order valence-electron chi connectivity index (χ1n) is 16.1. The summed E-state index contributed by atoms with van der Waals surface area (Å²) in [6, 6.07) is 3.25. The molecule has 45 heavy (non-hydrogen) atoms. The van der Waals surface area contributed by atoms with Crippen LogP contribution in [0.4, 0.5) is 16.2 Å². The third-order valence-corrected chi connectivity index (χ3v) is 10.8. The highest BCUT2D eigenvalue weighted by Gasteiger charge is 2.66. The van der Waals surface area contributed by atoms with E-state index in [9.17, 15) is 24.3 Å². The molecule has 2 saturated heterocycles. The van der Waals surface area contributed by atoms with Gasteiger partial charge in [-0.1, -0.05) is 66.5 Å². The molecule has 1 aliphatic carbocycles. The van der Waals surface area contributed by atoms with Crippen molar-refractivity contribution in [2.45, 2.75) is 124 Å². The lowest BCUT2D eigenvalue weighted by molar-refractivity contribution is -0.143. The van der Waals surface area contributed by atoms with Crippen LogP contribution in [-0.2, 0) is 23.9 Å². The molecule has 6 unspecified atom stereocenters. The number of hydrogen-bond donors (Lipinski definition) is 2. The number of cyclic esters (lactones) is 1. The average molecular weight is 648 g/mol. The Bertz CT molecular complexity index is 1360. The van der Waals surface area contributed by atoms with Crippen molar-refractivity contribution < 1.29 is 33.8 Å². The van der Waals surface area contributed by atoms with Crippen molar-refractivity contribution in [2.75, 3.05) is 16.8 Å². The number of carbonyl (C=O) groups excluding carboxylic acids is 4. The van der Waals surface area contributed by atoms with Crippen LogP contribution in [0.15, 0.2) is 18.2 Å². The Morgan fingerprint density at radius 2 is 1.82 bits per heavy atom. The maximum Gasteiger partial charge on any atom is 0.418 e. The first-order chi connectivity index (χ1) is 20.7. The Balaban J connectivity index is 1.56. The fraction of sp³-hybridized carbons (Fsp3) is 0.706. The highest BCUT2D eigenvalue weighted by atomic mass is 35.5. The number of amides is 4. The number of aliphatic hydroxyl groups excluding tert-OH is 1. The molecule has 4 amide bonds. The molecule has 2 N–H and O–H groups in total. The Labute approximate surface area is 272 Å². The van der Waals surface area contributed by atoms with E-state index in [1.807, 2.05) is 6.92 Å². The maximum absolute atomic E-state index is 13.9. The van der Waals surface area contributed by atoms with Gasteiger partial charge in [-0.25, -0.2) is 9.69 Å². The van der Waals surface area contributed by atoms with Crippen LogP contribution in [0.2, 0.25) is 5.02 Å². The van der Waals surface area contributed by atoms with E-state index in [-0.39, 0.29) is 28.0 Å². The number of nitrogens with zero attached hydrogens (tertiary/aromatic N) is 2. The normalized spacial score (nSPS) is 27.6. The number of epoxide rings is 1. The summed E-state index contributed by atoms with van der Waals surface area (Å²) >= 11 is 6.50. The monoisotopic (exact) mass is 647 g/mol. The maximum atomic E-state index is 13.9. The van der Waals surface area contributed by atoms with Crippen molar-refractivity contribution >= 4 is 46.8 Å². The van der Waals surface area contributed by atoms with Crippen molar-refractivity contribution in [3.63, 3.8) is 0 Å². The van der Waals surface area contributed by atoms with Crippen molar-refractivity contribution in [3.05, 3.63) is 23.2 Å². The zero-order valence-electron chi connectivity index (χ0n) is 28.3. The van der Waals surface area contributed by atoms with Gasteiger partial charge >= 0.3 is 6.09 Å². The van der Waals surface area contributed by atoms with Crippen LogP contribution in [-0.4, -0.2) is 69.8 Å². The number of likely N-dealkylation sites (N-methyl/N-ethyl adjacent to an activating group) is 1. The Kier molecular flexibility index (Phi) is 9.50. The molecule has 250 valence electrons. The molecular weight excluding hydrogens is 598 g/mol. The second-order valence-electron chi connectivity index (χ2n) is 15.2. The van der Waals surface area contributed by atoms with E-state index in [0.717, 1.165) is 25.7 Å². The molecule has 1 aromatic rings. The van der Waals surface area contributed by atoms with E-state index in [0.29, 0.717) is 23.0 Å². The van der Waals surface area contributed by atoms with E-state index in [4.69, 9.17) is 21.1 Å². The Morgan fingerprint density at radius 3 is 2.33 bits per heavy atom. The predicted molar refractivity (Wildman–Crippen MR) is 173 cm³/mol. The molecule has 11 heteroatoms. The summed E-state index contributed by atoms with van der Waals surface area (Å²) in [6.07, 6.45) is 0.978. The van der Waals surface area contributed by atoms with Gasteiger partial charge in [0.05, 0.1) is 16.8 Å². The van der Waals surface area contributed by atoms with Crippen molar-refractivity contribution in [3.8, 4) is 0 Å². The van der Waals surface area contributed by atoms with Crippen molar-refractivity contribution in [2.24, 2.45) is 22.7 Å². The number of aliphatic hydroxyl groups is 1. The largest absolute Gasteiger partial charge is 0.433 e. The summed E-state index contributed by atoms with van der Waals surface area (Å²) in [7, 11) is 0. The summed E-state index contributed by atoms with van der Waals surface area (Å²) in [5, 5.41) is 14.1. The average Bonchev–Trinajstić information content (AvgIpc) is 3.63. The minimum absolute atomic E-state index is 0.147. The first-order valence-corrected chi connectivity index (χ1v) is 16.4. The Morgan fingerprint density at radius 1 is 1.18 bits per heavy atom. The molecular formula is C34H50ClN3O7. The van der Waals surface area contributed by atoms with Gasteiger partial charge in [0.2, 0.25) is 0 Å². The molecule has 1 saturated carbocycles. The van der Waals surface area contributed by atoms with Crippen LogP contribution in [0.3, 0.4) is 0 Å². The second-order valence-corrected chi connectivity index (χ2v) is 15.6. The molecule has 6 atom stereocenters. The van der Waals surface area contributed by atoms with Gasteiger partial charge in [0.1, 0.15) is 11.6 Å². The van der Waals surface area contributed by atoms with Crippen LogP contribution in [0.25, 0.3) is 0 Å². The lowest BCUT2D eigenvalue weighted by Gasteiger charge is -2.41. The number of benzene rings is 1. The lowest BCUT2D eigenvalue weighted by Crippen LogP contribution is -2.57. The van der Waals surface area contributed by atoms with Gasteiger partial charge < -0.3 is 24.8 Å². The summed E-state index contributed by atoms with van der Waals surface area (Å²) < 4.78 is 11.4. The van der Waals surface area contributed by atoms with E-state index in [2.05, 4.69) is 33.0 Å². The van der Waals surface area contributed by atoms with Crippen LogP contribution in [0.5, 0.6) is 0 Å². The van der Waals surface area contributed by atoms with Gasteiger partial charge in [0.25, 0.3) is 17.7 Å². The molecule has 3 aliphatic rings. The topological polar surface area (TPSA) is 129 Å². The number of ether oxygens (including phenoxy) is 2. The van der Waals surface area contributed by atoms with Gasteiger partial charge in [0.15, 0.2) is 11.7 Å². The zero-order valence-corrected chi connectivity index (χ0v) is 29.1. The van der Waals surface area contributed by atoms with Gasteiger partial charge in [-0.05, 0) is 80.9 Å². The SMILES string of the molecule is CCN(C(=O)C1OC12CCC(C(C)(C)CC)CC2C)c1ccc(Cl)c(NC(=O)C(C(O)C(C)(C)C)N2C(=O)OC(C)(C)C2=O)c1. The number of carbonyl (C=O) groups is 4. The molecule has 2 aliphatic heterocycles. The third kappa shape index (κ3) is 6.47. The fourth-order valence-corrected chi connectivity index (χ4v) is 6.95. The van der Waals surface area contributed by atoms with Crippen molar-refractivity contribution in [1.82, 2.24) is 4.90 Å². The number of imide groups is 1. The van der Waals surface area contributed by atoms with Gasteiger partial charge in [-0.15, -0.1) is 0 Å². The number of rotatable bonds is 9. The lowest BCUT2D eigenvalue weighted by atomic mass is 9.63. The van der Waals surface area contributed by atoms with E-state index < -0.39 is 52.8 Å². The molecule has 2 heterocycles. The molecule has 3 fully saturated rings. The van der Waals surface area contributed by atoms with Gasteiger partial charge in [0, 0.05) is 12.2 Å². The smallest absolute Gasteiger partial charge is 0.418 e. The predicted octanol–water partition coefficient (Wildman–Crippen LogP) is 6.17. The number of nitrogens with one attached hydrogen (secondary N) is 1. The summed E-state index contributed by atoms with van der Waals surface area (Å²) in [4.78, 5) is 55.8. The number of halogens is 1.